The van der Waals surface area contributed by atoms with Crippen molar-refractivity contribution < 1.29 is 14.3 Å². The van der Waals surface area contributed by atoms with Crippen molar-refractivity contribution in [1.82, 2.24) is 35.2 Å². The summed E-state index contributed by atoms with van der Waals surface area (Å²) in [5, 5.41) is 24.0. The Kier molecular flexibility index (Phi) is 6.12. The summed E-state index contributed by atoms with van der Waals surface area (Å²) in [7, 11) is 0. The summed E-state index contributed by atoms with van der Waals surface area (Å²) < 4.78 is 16.6. The van der Waals surface area contributed by atoms with E-state index >= 15 is 4.39 Å². The van der Waals surface area contributed by atoms with Crippen LogP contribution in [0.15, 0.2) is 40.2 Å². The predicted molar refractivity (Wildman–Crippen MR) is 136 cm³/mol. The zero-order chi connectivity index (χ0) is 26.2. The molecule has 12 nitrogen and oxygen atoms in total. The summed E-state index contributed by atoms with van der Waals surface area (Å²) in [5.74, 6) is -0.905. The number of nitrogens with zero attached hydrogens (tertiary/aromatic N) is 4. The first-order chi connectivity index (χ1) is 18.4. The van der Waals surface area contributed by atoms with Crippen LogP contribution in [0.3, 0.4) is 0 Å². The van der Waals surface area contributed by atoms with Gasteiger partial charge in [-0.05, 0) is 56.5 Å². The van der Waals surface area contributed by atoms with Crippen LogP contribution in [0.4, 0.5) is 15.9 Å². The van der Waals surface area contributed by atoms with Crippen LogP contribution >= 0.6 is 0 Å². The number of rotatable bonds is 6. The van der Waals surface area contributed by atoms with Gasteiger partial charge in [-0.25, -0.2) is 14.2 Å². The second-order valence-corrected chi connectivity index (χ2v) is 9.52. The van der Waals surface area contributed by atoms with Gasteiger partial charge in [-0.1, -0.05) is 0 Å². The fourth-order valence-corrected chi connectivity index (χ4v) is 4.40. The normalized spacial score (nSPS) is 18.7. The van der Waals surface area contributed by atoms with Crippen molar-refractivity contribution in [3.05, 3.63) is 68.7 Å². The molecule has 196 valence electrons. The molecule has 4 heterocycles. The largest absolute Gasteiger partial charge is 0.493 e. The van der Waals surface area contributed by atoms with Crippen molar-refractivity contribution in [3.63, 3.8) is 0 Å². The first-order valence-electron chi connectivity index (χ1n) is 12.5. The molecule has 6 N–H and O–H groups in total. The van der Waals surface area contributed by atoms with Crippen LogP contribution in [0.25, 0.3) is 11.7 Å². The number of carbonyl (C=O) groups is 1. The quantitative estimate of drug-likeness (QED) is 0.215. The van der Waals surface area contributed by atoms with Crippen molar-refractivity contribution >= 4 is 29.1 Å². The molecule has 13 heteroatoms. The smallest absolute Gasteiger partial charge is 0.326 e. The summed E-state index contributed by atoms with van der Waals surface area (Å²) in [5.41, 5.74) is 0.937. The number of anilines is 2. The van der Waals surface area contributed by atoms with Gasteiger partial charge < -0.3 is 26.0 Å². The predicted octanol–water partition coefficient (Wildman–Crippen LogP) is 0.427. The van der Waals surface area contributed by atoms with Crippen molar-refractivity contribution in [2.45, 2.75) is 37.8 Å². The van der Waals surface area contributed by atoms with Crippen LogP contribution in [0.5, 0.6) is 5.88 Å². The second kappa shape index (κ2) is 9.74. The van der Waals surface area contributed by atoms with E-state index in [4.69, 9.17) is 4.99 Å². The molecule has 1 aliphatic carbocycles. The molecular formula is C25H26FN9O3. The van der Waals surface area contributed by atoms with E-state index in [0.717, 1.165) is 32.2 Å². The number of halogens is 1. The lowest BCUT2D eigenvalue weighted by Gasteiger charge is -2.23. The standard InChI is InChI=1S/C25H26FN9O3/c26-17-8-13(23(36)30-16-2-1-7-27-12-16)3-6-18(17)31-20-10-21(29-15-4-5-15)35-22(33-20)14(11-28-35)9-19-24(37)34-25(38)32-19/h3,6,8-11,15-16,27,31,37H,1-2,4-5,7,12H2,(H,30,36)(H2,32,34,38). The number of benzene rings is 1. The highest BCUT2D eigenvalue weighted by molar-refractivity contribution is 5.94. The minimum Gasteiger partial charge on any atom is -0.493 e. The zero-order valence-corrected chi connectivity index (χ0v) is 20.3. The van der Waals surface area contributed by atoms with Gasteiger partial charge in [0.25, 0.3) is 5.91 Å². The third kappa shape index (κ3) is 5.00. The maximum Gasteiger partial charge on any atom is 0.326 e. The van der Waals surface area contributed by atoms with E-state index < -0.39 is 11.5 Å². The number of H-pyrrole nitrogens is 2. The Hall–Kier alpha value is -4.52. The van der Waals surface area contributed by atoms with Crippen molar-refractivity contribution in [2.75, 3.05) is 18.4 Å². The number of aromatic hydroxyl groups is 1. The van der Waals surface area contributed by atoms with Crippen molar-refractivity contribution in [1.29, 1.82) is 0 Å². The second-order valence-electron chi connectivity index (χ2n) is 9.52. The molecule has 1 saturated heterocycles. The molecule has 1 aliphatic heterocycles. The number of aromatic nitrogens is 5. The Balaban J connectivity index is 1.32. The number of fused-ring (bicyclic) bond motifs is 1. The lowest BCUT2D eigenvalue weighted by atomic mass is 10.1. The SMILES string of the molecule is O=C(NC1CCCNC1)c1ccc(Nc2cc(=NC3CC3)n3ncc(=Cc4[nH]c(=O)[nH]c4O)c3n2)c(F)c1. The fourth-order valence-electron chi connectivity index (χ4n) is 4.40. The fraction of sp³-hybridized carbons (Fsp3) is 0.320. The van der Waals surface area contributed by atoms with E-state index in [1.54, 1.807) is 22.8 Å². The van der Waals surface area contributed by atoms with Crippen LogP contribution in [-0.4, -0.2) is 60.8 Å². The van der Waals surface area contributed by atoms with E-state index in [2.05, 4.69) is 36.0 Å². The molecule has 1 saturated carbocycles. The van der Waals surface area contributed by atoms with Crippen LogP contribution in [0.2, 0.25) is 0 Å². The average molecular weight is 520 g/mol. The summed E-state index contributed by atoms with van der Waals surface area (Å²) in [6, 6.07) is 6.14. The Morgan fingerprint density at radius 1 is 1.24 bits per heavy atom. The van der Waals surface area contributed by atoms with Crippen molar-refractivity contribution in [3.8, 4) is 5.88 Å². The molecule has 1 atom stereocenters. The Labute approximate surface area is 214 Å². The molecule has 6 rings (SSSR count). The number of nitrogens with one attached hydrogen (secondary N) is 5. The maximum absolute atomic E-state index is 15.1. The topological polar surface area (TPSA) is 165 Å². The zero-order valence-electron chi connectivity index (χ0n) is 20.3. The van der Waals surface area contributed by atoms with Crippen LogP contribution in [0, 0.1) is 5.82 Å². The Bertz CT molecular complexity index is 1700. The van der Waals surface area contributed by atoms with Crippen LogP contribution < -0.4 is 32.3 Å². The van der Waals surface area contributed by atoms with Crippen molar-refractivity contribution in [2.24, 2.45) is 4.99 Å². The van der Waals surface area contributed by atoms with Gasteiger partial charge in [-0.2, -0.15) is 9.61 Å². The number of hydrogen-bond acceptors (Lipinski definition) is 8. The van der Waals surface area contributed by atoms with E-state index in [0.29, 0.717) is 28.7 Å². The summed E-state index contributed by atoms with van der Waals surface area (Å²) >= 11 is 0. The molecule has 3 aromatic heterocycles. The molecule has 0 spiro atoms. The highest BCUT2D eigenvalue weighted by atomic mass is 19.1. The molecular weight excluding hydrogens is 493 g/mol. The van der Waals surface area contributed by atoms with Gasteiger partial charge in [0.15, 0.2) is 11.1 Å². The van der Waals surface area contributed by atoms with E-state index in [1.807, 2.05) is 0 Å². The van der Waals surface area contributed by atoms with Crippen LogP contribution in [0.1, 0.15) is 41.7 Å². The molecule has 0 radical (unpaired) electrons. The number of hydrogen-bond donors (Lipinski definition) is 6. The first-order valence-corrected chi connectivity index (χ1v) is 12.5. The van der Waals surface area contributed by atoms with E-state index in [1.165, 1.54) is 18.2 Å². The van der Waals surface area contributed by atoms with E-state index in [-0.39, 0.29) is 40.8 Å². The highest BCUT2D eigenvalue weighted by Crippen LogP contribution is 2.23. The minimum absolute atomic E-state index is 0.0225. The molecule has 38 heavy (non-hydrogen) atoms. The highest BCUT2D eigenvalue weighted by Gasteiger charge is 2.21. The molecule has 1 unspecified atom stereocenters. The molecule has 2 fully saturated rings. The number of amides is 1. The first kappa shape index (κ1) is 23.9. The van der Waals surface area contributed by atoms with Gasteiger partial charge in [0, 0.05) is 29.4 Å². The molecule has 0 bridgehead atoms. The maximum atomic E-state index is 15.1. The lowest BCUT2D eigenvalue weighted by Crippen LogP contribution is -2.45. The number of piperidine rings is 1. The average Bonchev–Trinajstić information content (AvgIpc) is 3.54. The van der Waals surface area contributed by atoms with Gasteiger partial charge >= 0.3 is 5.69 Å². The van der Waals surface area contributed by atoms with E-state index in [9.17, 15) is 14.7 Å². The number of imidazole rings is 1. The van der Waals surface area contributed by atoms with Gasteiger partial charge in [0.05, 0.1) is 17.9 Å². The van der Waals surface area contributed by atoms with Gasteiger partial charge in [-0.15, -0.1) is 0 Å². The lowest BCUT2D eigenvalue weighted by molar-refractivity contribution is 0.0930. The monoisotopic (exact) mass is 519 g/mol. The third-order valence-electron chi connectivity index (χ3n) is 6.50. The molecule has 1 aromatic carbocycles. The van der Waals surface area contributed by atoms with Gasteiger partial charge in [-0.3, -0.25) is 14.8 Å². The number of carbonyl (C=O) groups excluding carboxylic acids is 1. The summed E-state index contributed by atoms with van der Waals surface area (Å²) in [4.78, 5) is 38.2. The molecule has 4 aromatic rings. The number of aromatic amines is 2. The molecule has 2 aliphatic rings. The van der Waals surface area contributed by atoms with Gasteiger partial charge in [0.1, 0.15) is 17.3 Å². The molecule has 1 amide bonds. The van der Waals surface area contributed by atoms with Crippen LogP contribution in [-0.2, 0) is 0 Å². The Morgan fingerprint density at radius 2 is 2.11 bits per heavy atom. The third-order valence-corrected chi connectivity index (χ3v) is 6.50. The van der Waals surface area contributed by atoms with Gasteiger partial charge in [0.2, 0.25) is 5.88 Å². The summed E-state index contributed by atoms with van der Waals surface area (Å²) in [6.07, 6.45) is 6.88. The summed E-state index contributed by atoms with van der Waals surface area (Å²) in [6.45, 7) is 1.63. The minimum atomic E-state index is -0.600. The Morgan fingerprint density at radius 3 is 2.82 bits per heavy atom.